The highest BCUT2D eigenvalue weighted by Crippen LogP contribution is 2.28. The summed E-state index contributed by atoms with van der Waals surface area (Å²) >= 11 is 0. The SMILES string of the molecule is NC(CNCCCOCC1CC1)C(=O)O. The zero-order valence-electron chi connectivity index (χ0n) is 8.95. The van der Waals surface area contributed by atoms with Crippen LogP contribution in [0.15, 0.2) is 0 Å². The zero-order valence-corrected chi connectivity index (χ0v) is 8.95. The van der Waals surface area contributed by atoms with Crippen LogP contribution in [0.5, 0.6) is 0 Å². The van der Waals surface area contributed by atoms with Gasteiger partial charge in [-0.25, -0.2) is 0 Å². The summed E-state index contributed by atoms with van der Waals surface area (Å²) in [6, 6.07) is -0.808. The van der Waals surface area contributed by atoms with Gasteiger partial charge in [-0.1, -0.05) is 0 Å². The molecule has 5 nitrogen and oxygen atoms in total. The van der Waals surface area contributed by atoms with Gasteiger partial charge in [0.1, 0.15) is 6.04 Å². The second-order valence-electron chi connectivity index (χ2n) is 4.02. The summed E-state index contributed by atoms with van der Waals surface area (Å²) in [7, 11) is 0. The van der Waals surface area contributed by atoms with Gasteiger partial charge in [0.05, 0.1) is 0 Å². The molecule has 0 bridgehead atoms. The number of nitrogens with two attached hydrogens (primary N) is 1. The Balaban J connectivity index is 1.77. The Labute approximate surface area is 90.0 Å². The minimum Gasteiger partial charge on any atom is -0.480 e. The van der Waals surface area contributed by atoms with Gasteiger partial charge >= 0.3 is 5.97 Å². The molecular formula is C10H20N2O3. The second kappa shape index (κ2) is 6.76. The van der Waals surface area contributed by atoms with Crippen LogP contribution < -0.4 is 11.1 Å². The van der Waals surface area contributed by atoms with Crippen molar-refractivity contribution in [3.63, 3.8) is 0 Å². The van der Waals surface area contributed by atoms with E-state index >= 15 is 0 Å². The fourth-order valence-electron chi connectivity index (χ4n) is 1.18. The maximum Gasteiger partial charge on any atom is 0.321 e. The van der Waals surface area contributed by atoms with Gasteiger partial charge in [0.25, 0.3) is 0 Å². The lowest BCUT2D eigenvalue weighted by atomic mass is 10.3. The molecule has 0 aromatic carbocycles. The van der Waals surface area contributed by atoms with Crippen molar-refractivity contribution in [1.82, 2.24) is 5.32 Å². The van der Waals surface area contributed by atoms with Crippen LogP contribution in [0, 0.1) is 5.92 Å². The Morgan fingerprint density at radius 3 is 2.93 bits per heavy atom. The number of aliphatic carboxylic acids is 1. The molecule has 0 heterocycles. The highest BCUT2D eigenvalue weighted by atomic mass is 16.5. The number of carboxylic acid groups (broad SMARTS) is 1. The molecule has 88 valence electrons. The van der Waals surface area contributed by atoms with E-state index in [9.17, 15) is 4.79 Å². The Kier molecular flexibility index (Phi) is 5.60. The van der Waals surface area contributed by atoms with Crippen molar-refractivity contribution in [3.05, 3.63) is 0 Å². The average molecular weight is 216 g/mol. The molecule has 0 saturated heterocycles. The first-order chi connectivity index (χ1) is 7.20. The molecule has 1 rings (SSSR count). The summed E-state index contributed by atoms with van der Waals surface area (Å²) in [6.45, 7) is 2.70. The van der Waals surface area contributed by atoms with E-state index in [-0.39, 0.29) is 0 Å². The maximum atomic E-state index is 10.4. The fourth-order valence-corrected chi connectivity index (χ4v) is 1.18. The summed E-state index contributed by atoms with van der Waals surface area (Å²) in [5.41, 5.74) is 5.31. The predicted octanol–water partition coefficient (Wildman–Crippen LogP) is -0.195. The lowest BCUT2D eigenvalue weighted by Gasteiger charge is -2.08. The molecule has 0 spiro atoms. The molecule has 1 atom stereocenters. The van der Waals surface area contributed by atoms with Crippen molar-refractivity contribution in [2.75, 3.05) is 26.3 Å². The summed E-state index contributed by atoms with van der Waals surface area (Å²) < 4.78 is 5.42. The van der Waals surface area contributed by atoms with E-state index in [0.717, 1.165) is 32.1 Å². The van der Waals surface area contributed by atoms with Crippen molar-refractivity contribution < 1.29 is 14.6 Å². The Bertz CT molecular complexity index is 195. The highest BCUT2D eigenvalue weighted by molar-refractivity contribution is 5.73. The minimum absolute atomic E-state index is 0.317. The van der Waals surface area contributed by atoms with Gasteiger partial charge in [0.15, 0.2) is 0 Å². The molecule has 4 N–H and O–H groups in total. The van der Waals surface area contributed by atoms with Gasteiger partial charge in [0.2, 0.25) is 0 Å². The zero-order chi connectivity index (χ0) is 11.1. The van der Waals surface area contributed by atoms with Crippen LogP contribution in [-0.4, -0.2) is 43.4 Å². The number of carbonyl (C=O) groups is 1. The van der Waals surface area contributed by atoms with Crippen molar-refractivity contribution in [1.29, 1.82) is 0 Å². The molecular weight excluding hydrogens is 196 g/mol. The highest BCUT2D eigenvalue weighted by Gasteiger charge is 2.20. The van der Waals surface area contributed by atoms with Crippen LogP contribution >= 0.6 is 0 Å². The molecule has 0 aromatic heterocycles. The Morgan fingerprint density at radius 1 is 1.60 bits per heavy atom. The van der Waals surface area contributed by atoms with Gasteiger partial charge in [-0.2, -0.15) is 0 Å². The van der Waals surface area contributed by atoms with Gasteiger partial charge in [-0.15, -0.1) is 0 Å². The van der Waals surface area contributed by atoms with Gasteiger partial charge in [0, 0.05) is 19.8 Å². The summed E-state index contributed by atoms with van der Waals surface area (Å²) in [6.07, 6.45) is 3.52. The van der Waals surface area contributed by atoms with Crippen LogP contribution in [0.2, 0.25) is 0 Å². The number of ether oxygens (including phenoxy) is 1. The normalized spacial score (nSPS) is 17.7. The first kappa shape index (κ1) is 12.4. The molecule has 0 aromatic rings. The largest absolute Gasteiger partial charge is 0.480 e. The van der Waals surface area contributed by atoms with E-state index < -0.39 is 12.0 Å². The predicted molar refractivity (Wildman–Crippen MR) is 56.6 cm³/mol. The first-order valence-corrected chi connectivity index (χ1v) is 5.47. The van der Waals surface area contributed by atoms with Crippen LogP contribution in [0.25, 0.3) is 0 Å². The standard InChI is InChI=1S/C10H20N2O3/c11-9(10(13)14)6-12-4-1-5-15-7-8-2-3-8/h8-9,12H,1-7,11H2,(H,13,14). The van der Waals surface area contributed by atoms with Gasteiger partial charge in [-0.05, 0) is 31.7 Å². The molecule has 15 heavy (non-hydrogen) atoms. The van der Waals surface area contributed by atoms with Crippen molar-refractivity contribution in [2.24, 2.45) is 11.7 Å². The van der Waals surface area contributed by atoms with E-state index in [1.807, 2.05) is 0 Å². The Hall–Kier alpha value is -0.650. The van der Waals surface area contributed by atoms with Crippen LogP contribution in [-0.2, 0) is 9.53 Å². The minimum atomic E-state index is -0.965. The van der Waals surface area contributed by atoms with Crippen molar-refractivity contribution >= 4 is 5.97 Å². The van der Waals surface area contributed by atoms with Gasteiger partial charge < -0.3 is 20.9 Å². The Morgan fingerprint density at radius 2 is 2.33 bits per heavy atom. The van der Waals surface area contributed by atoms with Crippen LogP contribution in [0.3, 0.4) is 0 Å². The van der Waals surface area contributed by atoms with E-state index in [2.05, 4.69) is 5.32 Å². The lowest BCUT2D eigenvalue weighted by molar-refractivity contribution is -0.138. The summed E-state index contributed by atoms with van der Waals surface area (Å²) in [5.74, 6) is -0.161. The van der Waals surface area contributed by atoms with Crippen LogP contribution in [0.1, 0.15) is 19.3 Å². The number of nitrogens with one attached hydrogen (secondary N) is 1. The number of carboxylic acids is 1. The quantitative estimate of drug-likeness (QED) is 0.465. The van der Waals surface area contributed by atoms with E-state index in [1.54, 1.807) is 0 Å². The molecule has 1 saturated carbocycles. The number of rotatable bonds is 9. The third-order valence-corrected chi connectivity index (χ3v) is 2.37. The molecule has 0 radical (unpaired) electrons. The molecule has 5 heteroatoms. The van der Waals surface area contributed by atoms with Crippen LogP contribution in [0.4, 0.5) is 0 Å². The van der Waals surface area contributed by atoms with Crippen molar-refractivity contribution in [3.8, 4) is 0 Å². The number of hydrogen-bond donors (Lipinski definition) is 3. The van der Waals surface area contributed by atoms with E-state index in [4.69, 9.17) is 15.6 Å². The first-order valence-electron chi connectivity index (χ1n) is 5.47. The molecule has 1 aliphatic carbocycles. The monoisotopic (exact) mass is 216 g/mol. The van der Waals surface area contributed by atoms with E-state index in [0.29, 0.717) is 6.54 Å². The molecule has 1 fully saturated rings. The smallest absolute Gasteiger partial charge is 0.321 e. The third-order valence-electron chi connectivity index (χ3n) is 2.37. The fraction of sp³-hybridized carbons (Fsp3) is 0.900. The van der Waals surface area contributed by atoms with Crippen molar-refractivity contribution in [2.45, 2.75) is 25.3 Å². The van der Waals surface area contributed by atoms with E-state index in [1.165, 1.54) is 12.8 Å². The second-order valence-corrected chi connectivity index (χ2v) is 4.02. The third kappa shape index (κ3) is 6.43. The molecule has 0 aliphatic heterocycles. The number of hydrogen-bond acceptors (Lipinski definition) is 4. The average Bonchev–Trinajstić information content (AvgIpc) is 2.99. The lowest BCUT2D eigenvalue weighted by Crippen LogP contribution is -2.40. The molecule has 1 aliphatic rings. The topological polar surface area (TPSA) is 84.6 Å². The molecule has 1 unspecified atom stereocenters. The summed E-state index contributed by atoms with van der Waals surface area (Å²) in [4.78, 5) is 10.4. The van der Waals surface area contributed by atoms with Gasteiger partial charge in [-0.3, -0.25) is 4.79 Å². The maximum absolute atomic E-state index is 10.4. The molecule has 0 amide bonds. The summed E-state index contributed by atoms with van der Waals surface area (Å²) in [5, 5.41) is 11.5.